The van der Waals surface area contributed by atoms with Gasteiger partial charge in [-0.05, 0) is 63.2 Å². The van der Waals surface area contributed by atoms with Crippen molar-refractivity contribution >= 4 is 40.7 Å². The fourth-order valence-corrected chi connectivity index (χ4v) is 3.93. The number of nitrogens with zero attached hydrogens (tertiary/aromatic N) is 4. The molecule has 4 aromatic rings. The zero-order valence-electron chi connectivity index (χ0n) is 19.0. The molecule has 2 heterocycles. The SMILES string of the molecule is CCOc1ccc(NC(=O)c2ccccc2NC(=O)CSc2nc3nc(C)cc(C)n3n2)cc1. The predicted molar refractivity (Wildman–Crippen MR) is 132 cm³/mol. The number of anilines is 2. The van der Waals surface area contributed by atoms with E-state index in [4.69, 9.17) is 4.74 Å². The maximum atomic E-state index is 12.8. The van der Waals surface area contributed by atoms with E-state index in [1.165, 1.54) is 11.8 Å². The van der Waals surface area contributed by atoms with Crippen LogP contribution in [0.25, 0.3) is 5.78 Å². The third-order valence-corrected chi connectivity index (χ3v) is 5.64. The van der Waals surface area contributed by atoms with Crippen LogP contribution in [0.3, 0.4) is 0 Å². The quantitative estimate of drug-likeness (QED) is 0.368. The summed E-state index contributed by atoms with van der Waals surface area (Å²) in [6.45, 7) is 6.30. The number of rotatable bonds is 8. The van der Waals surface area contributed by atoms with Crippen LogP contribution in [0, 0.1) is 13.8 Å². The second kappa shape index (κ2) is 10.3. The van der Waals surface area contributed by atoms with Gasteiger partial charge in [0, 0.05) is 17.1 Å². The van der Waals surface area contributed by atoms with Gasteiger partial charge >= 0.3 is 0 Å². The Hall–Kier alpha value is -3.92. The van der Waals surface area contributed by atoms with Gasteiger partial charge < -0.3 is 15.4 Å². The molecule has 0 radical (unpaired) electrons. The molecular formula is C24H24N6O3S. The number of thioether (sulfide) groups is 1. The summed E-state index contributed by atoms with van der Waals surface area (Å²) in [6, 6.07) is 15.9. The van der Waals surface area contributed by atoms with Crippen LogP contribution in [0.2, 0.25) is 0 Å². The fraction of sp³-hybridized carbons (Fsp3) is 0.208. The van der Waals surface area contributed by atoms with Crippen LogP contribution >= 0.6 is 11.8 Å². The molecule has 0 fully saturated rings. The zero-order valence-corrected chi connectivity index (χ0v) is 19.8. The summed E-state index contributed by atoms with van der Waals surface area (Å²) in [5.74, 6) is 0.713. The molecule has 0 spiro atoms. The highest BCUT2D eigenvalue weighted by Gasteiger charge is 2.15. The number of fused-ring (bicyclic) bond motifs is 1. The van der Waals surface area contributed by atoms with Crippen LogP contribution in [0.4, 0.5) is 11.4 Å². The van der Waals surface area contributed by atoms with Crippen molar-refractivity contribution in [1.29, 1.82) is 0 Å². The topological polar surface area (TPSA) is 111 Å². The van der Waals surface area contributed by atoms with Gasteiger partial charge in [-0.15, -0.1) is 5.10 Å². The molecule has 2 N–H and O–H groups in total. The Balaban J connectivity index is 1.39. The van der Waals surface area contributed by atoms with Crippen molar-refractivity contribution in [2.45, 2.75) is 25.9 Å². The van der Waals surface area contributed by atoms with Crippen LogP contribution in [-0.2, 0) is 4.79 Å². The first-order valence-corrected chi connectivity index (χ1v) is 11.7. The fourth-order valence-electron chi connectivity index (χ4n) is 3.32. The molecule has 0 atom stereocenters. The lowest BCUT2D eigenvalue weighted by atomic mass is 10.1. The van der Waals surface area contributed by atoms with Crippen LogP contribution in [0.15, 0.2) is 59.8 Å². The molecule has 0 bridgehead atoms. The summed E-state index contributed by atoms with van der Waals surface area (Å²) in [5, 5.41) is 10.5. The number of para-hydroxylation sites is 1. The Morgan fingerprint density at radius 3 is 2.56 bits per heavy atom. The van der Waals surface area contributed by atoms with Crippen molar-refractivity contribution in [3.05, 3.63) is 71.5 Å². The second-order valence-corrected chi connectivity index (χ2v) is 8.38. The number of carbonyl (C=O) groups is 2. The molecule has 0 unspecified atom stereocenters. The number of nitrogens with one attached hydrogen (secondary N) is 2. The Labute approximate surface area is 201 Å². The minimum Gasteiger partial charge on any atom is -0.494 e. The number of hydrogen-bond acceptors (Lipinski definition) is 7. The summed E-state index contributed by atoms with van der Waals surface area (Å²) in [6.07, 6.45) is 0. The number of benzene rings is 2. The maximum absolute atomic E-state index is 12.8. The number of hydrogen-bond donors (Lipinski definition) is 2. The molecule has 10 heteroatoms. The van der Waals surface area contributed by atoms with E-state index in [0.29, 0.717) is 34.5 Å². The monoisotopic (exact) mass is 476 g/mol. The van der Waals surface area contributed by atoms with Gasteiger partial charge in [-0.25, -0.2) is 9.50 Å². The summed E-state index contributed by atoms with van der Waals surface area (Å²) >= 11 is 1.20. The van der Waals surface area contributed by atoms with Gasteiger partial charge in [-0.3, -0.25) is 9.59 Å². The smallest absolute Gasteiger partial charge is 0.257 e. The van der Waals surface area contributed by atoms with E-state index < -0.39 is 0 Å². The Morgan fingerprint density at radius 2 is 1.79 bits per heavy atom. The van der Waals surface area contributed by atoms with Gasteiger partial charge in [0.1, 0.15) is 5.75 Å². The standard InChI is InChI=1S/C24H24N6O3S/c1-4-33-18-11-9-17(10-12-18)26-22(32)19-7-5-6-8-20(19)27-21(31)14-34-24-28-23-25-15(2)13-16(3)30(23)29-24/h5-13H,4,14H2,1-3H3,(H,26,32)(H,27,31). The number of ether oxygens (including phenoxy) is 1. The maximum Gasteiger partial charge on any atom is 0.257 e. The largest absolute Gasteiger partial charge is 0.494 e. The summed E-state index contributed by atoms with van der Waals surface area (Å²) < 4.78 is 7.07. The minimum atomic E-state index is -0.327. The Morgan fingerprint density at radius 1 is 1.03 bits per heavy atom. The van der Waals surface area contributed by atoms with Crippen molar-refractivity contribution in [2.24, 2.45) is 0 Å². The summed E-state index contributed by atoms with van der Waals surface area (Å²) in [7, 11) is 0. The van der Waals surface area contributed by atoms with Gasteiger partial charge in [0.05, 0.1) is 23.6 Å². The van der Waals surface area contributed by atoms with Gasteiger partial charge in [0.15, 0.2) is 0 Å². The highest BCUT2D eigenvalue weighted by atomic mass is 32.2. The van der Waals surface area contributed by atoms with E-state index >= 15 is 0 Å². The predicted octanol–water partition coefficient (Wildman–Crippen LogP) is 4.12. The number of carbonyl (C=O) groups excluding carboxylic acids is 2. The van der Waals surface area contributed by atoms with Crippen LogP contribution in [0.1, 0.15) is 28.7 Å². The van der Waals surface area contributed by atoms with Gasteiger partial charge in [-0.2, -0.15) is 4.98 Å². The molecule has 0 aliphatic heterocycles. The summed E-state index contributed by atoms with van der Waals surface area (Å²) in [4.78, 5) is 34.2. The molecule has 0 aliphatic carbocycles. The van der Waals surface area contributed by atoms with E-state index in [0.717, 1.165) is 17.1 Å². The van der Waals surface area contributed by atoms with Gasteiger partial charge in [0.25, 0.3) is 11.7 Å². The van der Waals surface area contributed by atoms with Crippen LogP contribution in [-0.4, -0.2) is 43.8 Å². The lowest BCUT2D eigenvalue weighted by molar-refractivity contribution is -0.113. The number of amides is 2. The first kappa shape index (κ1) is 23.2. The van der Waals surface area contributed by atoms with Crippen molar-refractivity contribution in [2.75, 3.05) is 23.0 Å². The average molecular weight is 477 g/mol. The summed E-state index contributed by atoms with van der Waals surface area (Å²) in [5.41, 5.74) is 3.18. The van der Waals surface area contributed by atoms with Crippen molar-refractivity contribution in [1.82, 2.24) is 19.6 Å². The van der Waals surface area contributed by atoms with E-state index in [2.05, 4.69) is 25.7 Å². The van der Waals surface area contributed by atoms with Crippen molar-refractivity contribution < 1.29 is 14.3 Å². The zero-order chi connectivity index (χ0) is 24.1. The second-order valence-electron chi connectivity index (χ2n) is 7.44. The van der Waals surface area contributed by atoms with E-state index in [-0.39, 0.29) is 17.6 Å². The van der Waals surface area contributed by atoms with Gasteiger partial charge in [0.2, 0.25) is 11.1 Å². The molecule has 34 heavy (non-hydrogen) atoms. The molecule has 0 saturated heterocycles. The molecule has 0 aliphatic rings. The molecule has 4 rings (SSSR count). The van der Waals surface area contributed by atoms with Crippen LogP contribution < -0.4 is 15.4 Å². The third-order valence-electron chi connectivity index (χ3n) is 4.80. The van der Waals surface area contributed by atoms with E-state index in [1.807, 2.05) is 26.8 Å². The Bertz CT molecular complexity index is 1340. The molecule has 2 aromatic carbocycles. The number of aromatic nitrogens is 4. The first-order valence-electron chi connectivity index (χ1n) is 10.7. The molecule has 9 nitrogen and oxygen atoms in total. The molecular weight excluding hydrogens is 452 g/mol. The molecule has 2 aromatic heterocycles. The third kappa shape index (κ3) is 5.52. The van der Waals surface area contributed by atoms with Gasteiger partial charge in [-0.1, -0.05) is 23.9 Å². The minimum absolute atomic E-state index is 0.0871. The molecule has 0 saturated carbocycles. The molecule has 2 amide bonds. The van der Waals surface area contributed by atoms with Crippen LogP contribution in [0.5, 0.6) is 5.75 Å². The van der Waals surface area contributed by atoms with Crippen molar-refractivity contribution in [3.63, 3.8) is 0 Å². The number of aryl methyl sites for hydroxylation is 2. The van der Waals surface area contributed by atoms with E-state index in [1.54, 1.807) is 53.0 Å². The first-order chi connectivity index (χ1) is 16.4. The highest BCUT2D eigenvalue weighted by Crippen LogP contribution is 2.21. The highest BCUT2D eigenvalue weighted by molar-refractivity contribution is 7.99. The van der Waals surface area contributed by atoms with E-state index in [9.17, 15) is 9.59 Å². The molecule has 174 valence electrons. The lowest BCUT2D eigenvalue weighted by Gasteiger charge is -2.11. The lowest BCUT2D eigenvalue weighted by Crippen LogP contribution is -2.19. The Kier molecular flexibility index (Phi) is 7.07. The van der Waals surface area contributed by atoms with Crippen molar-refractivity contribution in [3.8, 4) is 5.75 Å². The normalized spacial score (nSPS) is 10.8. The average Bonchev–Trinajstić information content (AvgIpc) is 3.23.